The molecule has 0 spiro atoms. The summed E-state index contributed by atoms with van der Waals surface area (Å²) in [5.74, 6) is -0.978. The van der Waals surface area contributed by atoms with E-state index in [0.29, 0.717) is 19.3 Å². The predicted molar refractivity (Wildman–Crippen MR) is 288 cm³/mol. The summed E-state index contributed by atoms with van der Waals surface area (Å²) in [6, 6.07) is 0. The molecule has 0 aliphatic heterocycles. The molecule has 0 aliphatic rings. The molecule has 67 heavy (non-hydrogen) atoms. The Morgan fingerprint density at radius 3 is 0.940 bits per heavy atom. The fourth-order valence-electron chi connectivity index (χ4n) is 7.12. The number of carbonyl (C=O) groups excluding carboxylic acids is 3. The maximum atomic E-state index is 12.8. The molecule has 0 heterocycles. The molecule has 6 nitrogen and oxygen atoms in total. The van der Waals surface area contributed by atoms with Crippen LogP contribution in [0.1, 0.15) is 239 Å². The third-order valence-electron chi connectivity index (χ3n) is 11.2. The predicted octanol–water partition coefficient (Wildman–Crippen LogP) is 18.3. The molecular formula is C61H100O6. The zero-order valence-electron chi connectivity index (χ0n) is 43.4. The Morgan fingerprint density at radius 1 is 0.313 bits per heavy atom. The van der Waals surface area contributed by atoms with E-state index in [1.54, 1.807) is 0 Å². The van der Waals surface area contributed by atoms with Gasteiger partial charge in [-0.1, -0.05) is 201 Å². The molecule has 0 fully saturated rings. The van der Waals surface area contributed by atoms with Gasteiger partial charge in [-0.15, -0.1) is 0 Å². The lowest BCUT2D eigenvalue weighted by molar-refractivity contribution is -0.167. The van der Waals surface area contributed by atoms with Crippen LogP contribution in [0.4, 0.5) is 0 Å². The van der Waals surface area contributed by atoms with Crippen LogP contribution in [-0.2, 0) is 28.6 Å². The Labute approximate surface area is 412 Å². The number of unbranched alkanes of at least 4 members (excludes halogenated alkanes) is 19. The number of carbonyl (C=O) groups is 3. The quantitative estimate of drug-likeness (QED) is 0.0262. The molecule has 0 saturated carbocycles. The van der Waals surface area contributed by atoms with Gasteiger partial charge in [0, 0.05) is 19.3 Å². The number of hydrogen-bond acceptors (Lipinski definition) is 6. The van der Waals surface area contributed by atoms with Crippen LogP contribution in [0.3, 0.4) is 0 Å². The minimum atomic E-state index is -0.813. The number of ether oxygens (including phenoxy) is 3. The van der Waals surface area contributed by atoms with E-state index < -0.39 is 6.10 Å². The zero-order chi connectivity index (χ0) is 48.6. The van der Waals surface area contributed by atoms with E-state index in [4.69, 9.17) is 14.2 Å². The van der Waals surface area contributed by atoms with E-state index in [0.717, 1.165) is 128 Å². The van der Waals surface area contributed by atoms with Gasteiger partial charge in [-0.2, -0.15) is 0 Å². The number of esters is 3. The molecule has 6 heteroatoms. The Hall–Kier alpha value is -3.93. The highest BCUT2D eigenvalue weighted by Crippen LogP contribution is 2.13. The molecule has 380 valence electrons. The molecule has 0 aliphatic carbocycles. The standard InChI is InChI=1S/C61H100O6/c1-4-7-10-13-16-19-22-25-28-29-30-31-34-36-39-42-45-48-51-54-60(63)66-57-58(67-61(64)55-52-49-46-43-40-37-33-27-24-21-18-15-12-9-6-3)56-65-59(62)53-50-47-44-41-38-35-32-26-23-20-17-14-11-8-5-2/h9,12,16-21,25-28,30-33,40,43,58H,4-8,10-11,13-15,22-24,29,34-39,41-42,44-57H2,1-3H3/b12-9-,19-16-,20-17-,21-18-,28-25-,31-30-,32-26-,33-27-,43-40-/t58-/m1/s1. The van der Waals surface area contributed by atoms with E-state index in [2.05, 4.69) is 130 Å². The monoisotopic (exact) mass is 929 g/mol. The highest BCUT2D eigenvalue weighted by atomic mass is 16.6. The van der Waals surface area contributed by atoms with Gasteiger partial charge in [0.1, 0.15) is 13.2 Å². The molecule has 0 amide bonds. The van der Waals surface area contributed by atoms with Crippen molar-refractivity contribution in [1.82, 2.24) is 0 Å². The van der Waals surface area contributed by atoms with Crippen LogP contribution in [0, 0.1) is 0 Å². The maximum absolute atomic E-state index is 12.8. The molecule has 0 N–H and O–H groups in total. The molecule has 0 radical (unpaired) electrons. The number of allylic oxidation sites excluding steroid dienone is 18. The average Bonchev–Trinajstić information content (AvgIpc) is 3.33. The van der Waals surface area contributed by atoms with Crippen molar-refractivity contribution in [3.05, 3.63) is 109 Å². The second kappa shape index (κ2) is 54.7. The second-order valence-corrected chi connectivity index (χ2v) is 17.7. The summed E-state index contributed by atoms with van der Waals surface area (Å²) >= 11 is 0. The van der Waals surface area contributed by atoms with Crippen LogP contribution in [0.15, 0.2) is 109 Å². The van der Waals surface area contributed by atoms with E-state index in [-0.39, 0.29) is 37.5 Å². The van der Waals surface area contributed by atoms with Crippen molar-refractivity contribution in [3.63, 3.8) is 0 Å². The lowest BCUT2D eigenvalue weighted by Gasteiger charge is -2.18. The molecular weight excluding hydrogens is 829 g/mol. The molecule has 0 aromatic rings. The lowest BCUT2D eigenvalue weighted by atomic mass is 10.1. The van der Waals surface area contributed by atoms with E-state index >= 15 is 0 Å². The highest BCUT2D eigenvalue weighted by molar-refractivity contribution is 5.71. The Kier molecular flexibility index (Phi) is 51.5. The third-order valence-corrected chi connectivity index (χ3v) is 11.2. The normalized spacial score (nSPS) is 12.9. The first-order valence-electron chi connectivity index (χ1n) is 27.4. The Bertz CT molecular complexity index is 1390. The molecule has 0 aromatic heterocycles. The molecule has 0 aromatic carbocycles. The smallest absolute Gasteiger partial charge is 0.306 e. The second-order valence-electron chi connectivity index (χ2n) is 17.7. The maximum Gasteiger partial charge on any atom is 0.306 e. The lowest BCUT2D eigenvalue weighted by Crippen LogP contribution is -2.30. The van der Waals surface area contributed by atoms with Gasteiger partial charge in [-0.05, 0) is 128 Å². The van der Waals surface area contributed by atoms with Gasteiger partial charge >= 0.3 is 17.9 Å². The topological polar surface area (TPSA) is 78.9 Å². The van der Waals surface area contributed by atoms with Crippen molar-refractivity contribution in [1.29, 1.82) is 0 Å². The largest absolute Gasteiger partial charge is 0.462 e. The van der Waals surface area contributed by atoms with Gasteiger partial charge < -0.3 is 14.2 Å². The summed E-state index contributed by atoms with van der Waals surface area (Å²) < 4.78 is 16.8. The summed E-state index contributed by atoms with van der Waals surface area (Å²) in [7, 11) is 0. The number of rotatable bonds is 48. The first-order valence-corrected chi connectivity index (χ1v) is 27.4. The van der Waals surface area contributed by atoms with Crippen LogP contribution in [0.5, 0.6) is 0 Å². The van der Waals surface area contributed by atoms with Crippen LogP contribution < -0.4 is 0 Å². The Morgan fingerprint density at radius 2 is 0.582 bits per heavy atom. The SMILES string of the molecule is CC/C=C\C/C=C\C/C=C\C/C=C\CCCCC(=O)O[C@H](COC(=O)CCCCCCC/C=C\C/C=C\CCCCC)COC(=O)CCCCCCCC/C=C\C/C=C\C/C=C\CCCCC. The number of hydrogen-bond donors (Lipinski definition) is 0. The minimum Gasteiger partial charge on any atom is -0.462 e. The summed E-state index contributed by atoms with van der Waals surface area (Å²) in [5, 5.41) is 0. The molecule has 0 saturated heterocycles. The van der Waals surface area contributed by atoms with Gasteiger partial charge in [-0.3, -0.25) is 14.4 Å². The van der Waals surface area contributed by atoms with Crippen molar-refractivity contribution >= 4 is 17.9 Å². The molecule has 0 unspecified atom stereocenters. The Balaban J connectivity index is 4.50. The molecule has 1 atom stereocenters. The summed E-state index contributed by atoms with van der Waals surface area (Å²) in [6.45, 7) is 6.40. The summed E-state index contributed by atoms with van der Waals surface area (Å²) in [4.78, 5) is 38.1. The van der Waals surface area contributed by atoms with E-state index in [1.165, 1.54) is 64.2 Å². The molecule has 0 rings (SSSR count). The van der Waals surface area contributed by atoms with Crippen molar-refractivity contribution in [3.8, 4) is 0 Å². The fourth-order valence-corrected chi connectivity index (χ4v) is 7.12. The fraction of sp³-hybridized carbons (Fsp3) is 0.656. The van der Waals surface area contributed by atoms with Gasteiger partial charge in [0.25, 0.3) is 0 Å². The average molecular weight is 929 g/mol. The van der Waals surface area contributed by atoms with Gasteiger partial charge in [0.2, 0.25) is 0 Å². The van der Waals surface area contributed by atoms with Gasteiger partial charge in [-0.25, -0.2) is 0 Å². The van der Waals surface area contributed by atoms with Crippen molar-refractivity contribution in [2.75, 3.05) is 13.2 Å². The van der Waals surface area contributed by atoms with Crippen molar-refractivity contribution in [2.24, 2.45) is 0 Å². The van der Waals surface area contributed by atoms with Crippen molar-refractivity contribution in [2.45, 2.75) is 245 Å². The van der Waals surface area contributed by atoms with Crippen LogP contribution >= 0.6 is 0 Å². The molecule has 0 bridgehead atoms. The van der Waals surface area contributed by atoms with Gasteiger partial charge in [0.05, 0.1) is 0 Å². The first kappa shape index (κ1) is 63.1. The van der Waals surface area contributed by atoms with Crippen LogP contribution in [-0.4, -0.2) is 37.2 Å². The van der Waals surface area contributed by atoms with Crippen LogP contribution in [0.2, 0.25) is 0 Å². The van der Waals surface area contributed by atoms with E-state index in [9.17, 15) is 14.4 Å². The zero-order valence-corrected chi connectivity index (χ0v) is 43.4. The van der Waals surface area contributed by atoms with Crippen molar-refractivity contribution < 1.29 is 28.6 Å². The van der Waals surface area contributed by atoms with Crippen LogP contribution in [0.25, 0.3) is 0 Å². The summed E-state index contributed by atoms with van der Waals surface area (Å²) in [6.07, 6.45) is 73.6. The van der Waals surface area contributed by atoms with Gasteiger partial charge in [0.15, 0.2) is 6.10 Å². The summed E-state index contributed by atoms with van der Waals surface area (Å²) in [5.41, 5.74) is 0. The third kappa shape index (κ3) is 52.9. The highest BCUT2D eigenvalue weighted by Gasteiger charge is 2.19. The first-order chi connectivity index (χ1) is 33.0. The van der Waals surface area contributed by atoms with E-state index in [1.807, 2.05) is 0 Å². The minimum absolute atomic E-state index is 0.108.